The van der Waals surface area contributed by atoms with Crippen molar-refractivity contribution in [2.24, 2.45) is 0 Å². The number of halogens is 2. The fourth-order valence-corrected chi connectivity index (χ4v) is 3.94. The van der Waals surface area contributed by atoms with Crippen LogP contribution in [0.3, 0.4) is 0 Å². The Morgan fingerprint density at radius 1 is 1.31 bits per heavy atom. The van der Waals surface area contributed by atoms with Gasteiger partial charge in [0.15, 0.2) is 0 Å². The van der Waals surface area contributed by atoms with Gasteiger partial charge >= 0.3 is 0 Å². The fraction of sp³-hybridized carbons (Fsp3) is 0.421. The number of benzene rings is 1. The van der Waals surface area contributed by atoms with Crippen LogP contribution in [0.25, 0.3) is 16.5 Å². The molecule has 26 heavy (non-hydrogen) atoms. The van der Waals surface area contributed by atoms with Gasteiger partial charge in [-0.25, -0.2) is 5.43 Å². The number of nitrogens with one attached hydrogen (secondary N) is 3. The molecule has 2 aliphatic heterocycles. The third kappa shape index (κ3) is 3.20. The Labute approximate surface area is 163 Å². The molecule has 0 aliphatic carbocycles. The first-order valence-corrected chi connectivity index (χ1v) is 9.82. The number of fused-ring (bicyclic) bond motifs is 3. The molecule has 2 aromatic rings. The van der Waals surface area contributed by atoms with E-state index < -0.39 is 0 Å². The van der Waals surface area contributed by atoms with Crippen LogP contribution < -0.4 is 10.9 Å². The first-order valence-electron chi connectivity index (χ1n) is 9.07. The summed E-state index contributed by atoms with van der Waals surface area (Å²) in [5.41, 5.74) is 11.4. The topological polar surface area (TPSA) is 60.2 Å². The predicted molar refractivity (Wildman–Crippen MR) is 108 cm³/mol. The van der Waals surface area contributed by atoms with E-state index in [1.54, 1.807) is 0 Å². The lowest BCUT2D eigenvalue weighted by Crippen LogP contribution is -2.35. The molecule has 0 unspecified atom stereocenters. The molecule has 3 N–H and O–H groups in total. The van der Waals surface area contributed by atoms with Crippen LogP contribution in [0, 0.1) is 0 Å². The van der Waals surface area contributed by atoms with Crippen molar-refractivity contribution < 1.29 is 4.79 Å². The first kappa shape index (κ1) is 19.1. The number of H-pyrrole nitrogens is 1. The lowest BCUT2D eigenvalue weighted by Gasteiger charge is -2.27. The van der Waals surface area contributed by atoms with Crippen molar-refractivity contribution >= 4 is 45.6 Å². The molecule has 0 fully saturated rings. The molecule has 7 heteroatoms. The molecule has 2 aliphatic rings. The number of carbonyl (C=O) groups excluding carboxylic acids is 1. The van der Waals surface area contributed by atoms with E-state index in [1.165, 1.54) is 0 Å². The summed E-state index contributed by atoms with van der Waals surface area (Å²) in [4.78, 5) is 17.5. The van der Waals surface area contributed by atoms with Crippen LogP contribution in [0.1, 0.15) is 44.0 Å². The Morgan fingerprint density at radius 3 is 2.73 bits per heavy atom. The summed E-state index contributed by atoms with van der Waals surface area (Å²) < 4.78 is 0. The van der Waals surface area contributed by atoms with E-state index in [2.05, 4.69) is 15.8 Å². The highest BCUT2D eigenvalue weighted by Gasteiger charge is 2.27. The predicted octanol–water partition coefficient (Wildman–Crippen LogP) is 4.24. The van der Waals surface area contributed by atoms with E-state index in [9.17, 15) is 4.79 Å². The maximum atomic E-state index is 12.1. The average molecular weight is 395 g/mol. The summed E-state index contributed by atoms with van der Waals surface area (Å²) >= 11 is 12.8. The Bertz CT molecular complexity index is 872. The standard InChI is InChI=1S/C17H18Cl2N4O.C2H6/c1-2-14(24)23-4-3-13-11(8-23)15-10(9-6-20-21-7-9)5-12(18)16(19)17(15)22-13;1-2/h5-6,20-22H,2-4,7-8H2,1H3;1-2H3. The van der Waals surface area contributed by atoms with Gasteiger partial charge in [-0.15, -0.1) is 0 Å². The molecule has 1 amide bonds. The average Bonchev–Trinajstić information content (AvgIpc) is 3.33. The van der Waals surface area contributed by atoms with Crippen LogP contribution in [0.2, 0.25) is 10.0 Å². The minimum atomic E-state index is 0.181. The van der Waals surface area contributed by atoms with Gasteiger partial charge in [0.2, 0.25) is 5.91 Å². The van der Waals surface area contributed by atoms with E-state index in [-0.39, 0.29) is 5.91 Å². The van der Waals surface area contributed by atoms with E-state index in [1.807, 2.05) is 37.9 Å². The molecule has 0 spiro atoms. The van der Waals surface area contributed by atoms with E-state index >= 15 is 0 Å². The molecule has 140 valence electrons. The van der Waals surface area contributed by atoms with Crippen LogP contribution in [-0.2, 0) is 17.8 Å². The summed E-state index contributed by atoms with van der Waals surface area (Å²) in [5, 5.41) is 2.15. The van der Waals surface area contributed by atoms with Gasteiger partial charge in [0.25, 0.3) is 0 Å². The van der Waals surface area contributed by atoms with Crippen molar-refractivity contribution in [3.8, 4) is 0 Å². The van der Waals surface area contributed by atoms with E-state index in [4.69, 9.17) is 23.2 Å². The van der Waals surface area contributed by atoms with Gasteiger partial charge in [-0.1, -0.05) is 44.0 Å². The summed E-state index contributed by atoms with van der Waals surface area (Å²) in [6, 6.07) is 1.92. The maximum Gasteiger partial charge on any atom is 0.222 e. The molecular formula is C19H24Cl2N4O. The van der Waals surface area contributed by atoms with Crippen molar-refractivity contribution in [2.75, 3.05) is 13.1 Å². The van der Waals surface area contributed by atoms with Crippen molar-refractivity contribution in [2.45, 2.75) is 40.2 Å². The maximum absolute atomic E-state index is 12.1. The summed E-state index contributed by atoms with van der Waals surface area (Å²) in [6.45, 7) is 7.96. The molecule has 0 radical (unpaired) electrons. The minimum Gasteiger partial charge on any atom is -0.357 e. The highest BCUT2D eigenvalue weighted by atomic mass is 35.5. The lowest BCUT2D eigenvalue weighted by atomic mass is 9.96. The zero-order valence-electron chi connectivity index (χ0n) is 15.3. The second-order valence-electron chi connectivity index (χ2n) is 6.14. The molecule has 5 nitrogen and oxygen atoms in total. The Morgan fingerprint density at radius 2 is 2.08 bits per heavy atom. The molecule has 0 bridgehead atoms. The highest BCUT2D eigenvalue weighted by molar-refractivity contribution is 6.45. The van der Waals surface area contributed by atoms with Gasteiger partial charge in [-0.3, -0.25) is 4.79 Å². The number of hydrogen-bond acceptors (Lipinski definition) is 3. The van der Waals surface area contributed by atoms with Gasteiger partial charge in [0.05, 0.1) is 15.6 Å². The number of rotatable bonds is 2. The molecule has 1 aromatic heterocycles. The first-order chi connectivity index (χ1) is 12.6. The summed E-state index contributed by atoms with van der Waals surface area (Å²) in [6.07, 6.45) is 3.27. The van der Waals surface area contributed by atoms with Crippen LogP contribution in [0.5, 0.6) is 0 Å². The monoisotopic (exact) mass is 394 g/mol. The second kappa shape index (κ2) is 7.91. The Kier molecular flexibility index (Phi) is 5.80. The van der Waals surface area contributed by atoms with E-state index in [0.717, 1.165) is 46.3 Å². The number of carbonyl (C=O) groups is 1. The molecule has 0 atom stereocenters. The smallest absolute Gasteiger partial charge is 0.222 e. The molecule has 1 aromatic carbocycles. The highest BCUT2D eigenvalue weighted by Crippen LogP contribution is 2.40. The van der Waals surface area contributed by atoms with Crippen LogP contribution in [0.4, 0.5) is 0 Å². The van der Waals surface area contributed by atoms with Crippen LogP contribution >= 0.6 is 23.2 Å². The normalized spacial score (nSPS) is 15.9. The zero-order chi connectivity index (χ0) is 18.8. The summed E-state index contributed by atoms with van der Waals surface area (Å²) in [7, 11) is 0. The van der Waals surface area contributed by atoms with Crippen LogP contribution in [-0.4, -0.2) is 28.9 Å². The minimum absolute atomic E-state index is 0.181. The summed E-state index contributed by atoms with van der Waals surface area (Å²) in [5.74, 6) is 0.181. The van der Waals surface area contributed by atoms with Crippen molar-refractivity contribution in [3.05, 3.63) is 39.1 Å². The van der Waals surface area contributed by atoms with Gasteiger partial charge in [-0.2, -0.15) is 0 Å². The fourth-order valence-electron chi connectivity index (χ4n) is 3.54. The van der Waals surface area contributed by atoms with Gasteiger partial charge in [0, 0.05) is 55.3 Å². The van der Waals surface area contributed by atoms with Crippen molar-refractivity contribution in [1.82, 2.24) is 20.7 Å². The number of hydrazine groups is 1. The quantitative estimate of drug-likeness (QED) is 0.713. The third-order valence-corrected chi connectivity index (χ3v) is 5.56. The van der Waals surface area contributed by atoms with Crippen molar-refractivity contribution in [1.29, 1.82) is 0 Å². The number of aromatic amines is 1. The number of hydrogen-bond donors (Lipinski definition) is 3. The largest absolute Gasteiger partial charge is 0.357 e. The molecule has 0 saturated carbocycles. The Balaban J connectivity index is 0.000000948. The third-order valence-electron chi connectivity index (χ3n) is 4.77. The van der Waals surface area contributed by atoms with Gasteiger partial charge in [-0.05, 0) is 17.2 Å². The molecular weight excluding hydrogens is 371 g/mol. The molecule has 4 rings (SSSR count). The van der Waals surface area contributed by atoms with Gasteiger partial charge < -0.3 is 15.3 Å². The second-order valence-corrected chi connectivity index (χ2v) is 6.92. The number of nitrogens with zero attached hydrogens (tertiary/aromatic N) is 1. The van der Waals surface area contributed by atoms with Crippen molar-refractivity contribution in [3.63, 3.8) is 0 Å². The molecule has 0 saturated heterocycles. The number of amides is 1. The Hall–Kier alpha value is -1.69. The number of aromatic nitrogens is 1. The SMILES string of the molecule is CC.CCC(=O)N1CCc2[nH]c3c(Cl)c(Cl)cc(C4=CNNC4)c3c2C1. The van der Waals surface area contributed by atoms with Crippen LogP contribution in [0.15, 0.2) is 12.3 Å². The lowest BCUT2D eigenvalue weighted by molar-refractivity contribution is -0.131. The van der Waals surface area contributed by atoms with E-state index in [0.29, 0.717) is 29.6 Å². The zero-order valence-corrected chi connectivity index (χ0v) is 16.8. The molecule has 3 heterocycles. The van der Waals surface area contributed by atoms with Gasteiger partial charge in [0.1, 0.15) is 0 Å².